The van der Waals surface area contributed by atoms with Crippen LogP contribution < -0.4 is 0 Å². The summed E-state index contributed by atoms with van der Waals surface area (Å²) in [5.41, 5.74) is 1.32. The molecule has 0 bridgehead atoms. The number of benzene rings is 1. The Morgan fingerprint density at radius 3 is 2.56 bits per heavy atom. The Morgan fingerprint density at radius 1 is 1.25 bits per heavy atom. The molecule has 1 aromatic heterocycles. The van der Waals surface area contributed by atoms with Crippen LogP contribution in [0.25, 0.3) is 0 Å². The number of hydrogen-bond donors (Lipinski definition) is 1. The number of isocyanates is 1. The molecule has 1 heterocycles. The molecule has 1 N–H and O–H groups in total. The van der Waals surface area contributed by atoms with Crippen molar-refractivity contribution in [3.63, 3.8) is 0 Å². The van der Waals surface area contributed by atoms with Gasteiger partial charge in [0.05, 0.1) is 5.69 Å². The van der Waals surface area contributed by atoms with Crippen LogP contribution in [-0.4, -0.2) is 11.2 Å². The van der Waals surface area contributed by atoms with Crippen LogP contribution >= 0.6 is 11.3 Å². The van der Waals surface area contributed by atoms with Crippen molar-refractivity contribution in [2.24, 2.45) is 4.99 Å². The standard InChI is InChI=1S/C12H9NO2S/c14-8-13-10-5-3-9(4-6-10)12(15)11-2-1-7-16-11/h1-7,12,15H. The van der Waals surface area contributed by atoms with E-state index in [1.165, 1.54) is 17.4 Å². The summed E-state index contributed by atoms with van der Waals surface area (Å²) in [4.78, 5) is 14.4. The minimum Gasteiger partial charge on any atom is -0.383 e. The van der Waals surface area contributed by atoms with Gasteiger partial charge in [0.1, 0.15) is 6.10 Å². The zero-order valence-electron chi connectivity index (χ0n) is 8.33. The zero-order valence-corrected chi connectivity index (χ0v) is 9.15. The Kier molecular flexibility index (Phi) is 3.27. The zero-order chi connectivity index (χ0) is 11.4. The Bertz CT molecular complexity index is 498. The molecule has 1 atom stereocenters. The van der Waals surface area contributed by atoms with Gasteiger partial charge in [-0.2, -0.15) is 4.99 Å². The highest BCUT2D eigenvalue weighted by Crippen LogP contribution is 2.26. The van der Waals surface area contributed by atoms with Crippen molar-refractivity contribution in [3.8, 4) is 0 Å². The summed E-state index contributed by atoms with van der Waals surface area (Å²) >= 11 is 1.50. The fraction of sp³-hybridized carbons (Fsp3) is 0.0833. The lowest BCUT2D eigenvalue weighted by atomic mass is 10.1. The molecule has 0 radical (unpaired) electrons. The second-order valence-corrected chi connectivity index (χ2v) is 4.19. The summed E-state index contributed by atoms with van der Waals surface area (Å²) in [5, 5.41) is 11.9. The second-order valence-electron chi connectivity index (χ2n) is 3.21. The molecule has 0 fully saturated rings. The van der Waals surface area contributed by atoms with Crippen LogP contribution in [0.3, 0.4) is 0 Å². The van der Waals surface area contributed by atoms with Gasteiger partial charge in [-0.1, -0.05) is 18.2 Å². The number of rotatable bonds is 3. The predicted octanol–water partition coefficient (Wildman–Crippen LogP) is 2.80. The molecule has 0 saturated heterocycles. The van der Waals surface area contributed by atoms with Gasteiger partial charge in [-0.15, -0.1) is 11.3 Å². The van der Waals surface area contributed by atoms with E-state index in [4.69, 9.17) is 0 Å². The Hall–Kier alpha value is -1.74. The van der Waals surface area contributed by atoms with Crippen LogP contribution in [0.5, 0.6) is 0 Å². The quantitative estimate of drug-likeness (QED) is 0.652. The maximum Gasteiger partial charge on any atom is 0.240 e. The smallest absolute Gasteiger partial charge is 0.240 e. The number of carbonyl (C=O) groups excluding carboxylic acids is 1. The van der Waals surface area contributed by atoms with Gasteiger partial charge in [0.2, 0.25) is 6.08 Å². The van der Waals surface area contributed by atoms with Gasteiger partial charge in [0.25, 0.3) is 0 Å². The molecule has 1 unspecified atom stereocenters. The first kappa shape index (κ1) is 10.8. The van der Waals surface area contributed by atoms with Gasteiger partial charge in [0.15, 0.2) is 0 Å². The van der Waals surface area contributed by atoms with E-state index in [-0.39, 0.29) is 0 Å². The second kappa shape index (κ2) is 4.86. The highest BCUT2D eigenvalue weighted by Gasteiger charge is 2.10. The number of aliphatic imine (C=N–C) groups is 1. The predicted molar refractivity (Wildman–Crippen MR) is 62.6 cm³/mol. The molecule has 3 nitrogen and oxygen atoms in total. The molecular weight excluding hydrogens is 222 g/mol. The largest absolute Gasteiger partial charge is 0.383 e. The molecule has 1 aromatic carbocycles. The van der Waals surface area contributed by atoms with E-state index in [2.05, 4.69) is 4.99 Å². The average Bonchev–Trinajstić information content (AvgIpc) is 2.83. The molecule has 80 valence electrons. The van der Waals surface area contributed by atoms with Crippen LogP contribution in [0.1, 0.15) is 16.5 Å². The maximum absolute atomic E-state index is 10.0. The van der Waals surface area contributed by atoms with E-state index < -0.39 is 6.10 Å². The van der Waals surface area contributed by atoms with Crippen LogP contribution in [0, 0.1) is 0 Å². The van der Waals surface area contributed by atoms with Crippen LogP contribution in [0.15, 0.2) is 46.8 Å². The fourth-order valence-corrected chi connectivity index (χ4v) is 2.13. The molecule has 0 aliphatic heterocycles. The molecule has 0 saturated carbocycles. The van der Waals surface area contributed by atoms with Crippen molar-refractivity contribution in [2.45, 2.75) is 6.10 Å². The molecule has 0 aliphatic rings. The monoisotopic (exact) mass is 231 g/mol. The van der Waals surface area contributed by atoms with Crippen molar-refractivity contribution < 1.29 is 9.90 Å². The van der Waals surface area contributed by atoms with E-state index in [9.17, 15) is 9.90 Å². The molecule has 16 heavy (non-hydrogen) atoms. The third-order valence-electron chi connectivity index (χ3n) is 2.20. The molecule has 2 rings (SSSR count). The summed E-state index contributed by atoms with van der Waals surface area (Å²) in [6.07, 6.45) is 0.858. The van der Waals surface area contributed by atoms with E-state index in [1.54, 1.807) is 24.3 Å². The number of thiophene rings is 1. The summed E-state index contributed by atoms with van der Waals surface area (Å²) in [5.74, 6) is 0. The summed E-state index contributed by atoms with van der Waals surface area (Å²) in [6.45, 7) is 0. The van der Waals surface area contributed by atoms with Crippen molar-refractivity contribution in [1.29, 1.82) is 0 Å². The van der Waals surface area contributed by atoms with Crippen LogP contribution in [0.2, 0.25) is 0 Å². The normalized spacial score (nSPS) is 11.8. The third-order valence-corrected chi connectivity index (χ3v) is 3.12. The van der Waals surface area contributed by atoms with Gasteiger partial charge in [-0.3, -0.25) is 0 Å². The highest BCUT2D eigenvalue weighted by molar-refractivity contribution is 7.10. The lowest BCUT2D eigenvalue weighted by molar-refractivity contribution is 0.224. The topological polar surface area (TPSA) is 49.7 Å². The summed E-state index contributed by atoms with van der Waals surface area (Å²) in [7, 11) is 0. The first-order chi connectivity index (χ1) is 7.81. The van der Waals surface area contributed by atoms with Gasteiger partial charge in [-0.05, 0) is 29.1 Å². The summed E-state index contributed by atoms with van der Waals surface area (Å²) in [6, 6.07) is 10.6. The van der Waals surface area contributed by atoms with Crippen molar-refractivity contribution in [1.82, 2.24) is 0 Å². The molecular formula is C12H9NO2S. The van der Waals surface area contributed by atoms with Crippen LogP contribution in [-0.2, 0) is 4.79 Å². The number of aliphatic hydroxyl groups is 1. The third kappa shape index (κ3) is 2.25. The maximum atomic E-state index is 10.0. The summed E-state index contributed by atoms with van der Waals surface area (Å²) < 4.78 is 0. The van der Waals surface area contributed by atoms with Crippen LogP contribution in [0.4, 0.5) is 5.69 Å². The van der Waals surface area contributed by atoms with E-state index in [0.29, 0.717) is 5.69 Å². The first-order valence-electron chi connectivity index (χ1n) is 4.70. The lowest BCUT2D eigenvalue weighted by Crippen LogP contribution is -1.95. The van der Waals surface area contributed by atoms with Crippen molar-refractivity contribution >= 4 is 23.1 Å². The van der Waals surface area contributed by atoms with Crippen molar-refractivity contribution in [3.05, 3.63) is 52.2 Å². The molecule has 4 heteroatoms. The minimum atomic E-state index is -0.616. The number of aliphatic hydroxyl groups excluding tert-OH is 1. The van der Waals surface area contributed by atoms with E-state index >= 15 is 0 Å². The SMILES string of the molecule is O=C=Nc1ccc(C(O)c2cccs2)cc1. The Labute approximate surface area is 96.7 Å². The highest BCUT2D eigenvalue weighted by atomic mass is 32.1. The van der Waals surface area contributed by atoms with E-state index in [1.807, 2.05) is 17.5 Å². The van der Waals surface area contributed by atoms with Gasteiger partial charge in [-0.25, -0.2) is 4.79 Å². The van der Waals surface area contributed by atoms with Crippen molar-refractivity contribution in [2.75, 3.05) is 0 Å². The molecule has 0 spiro atoms. The molecule has 2 aromatic rings. The minimum absolute atomic E-state index is 0.539. The first-order valence-corrected chi connectivity index (χ1v) is 5.58. The van der Waals surface area contributed by atoms with Gasteiger partial charge < -0.3 is 5.11 Å². The van der Waals surface area contributed by atoms with Gasteiger partial charge >= 0.3 is 0 Å². The number of nitrogens with zero attached hydrogens (tertiary/aromatic N) is 1. The Balaban J connectivity index is 2.25. The fourth-order valence-electron chi connectivity index (χ4n) is 1.39. The Morgan fingerprint density at radius 2 is 2.00 bits per heavy atom. The average molecular weight is 231 g/mol. The molecule has 0 amide bonds. The number of hydrogen-bond acceptors (Lipinski definition) is 4. The molecule has 0 aliphatic carbocycles. The van der Waals surface area contributed by atoms with Gasteiger partial charge in [0, 0.05) is 4.88 Å². The van der Waals surface area contributed by atoms with E-state index in [0.717, 1.165) is 10.4 Å². The lowest BCUT2D eigenvalue weighted by Gasteiger charge is -2.08.